The molecular formula is C21H25N7O2S. The van der Waals surface area contributed by atoms with Gasteiger partial charge in [-0.2, -0.15) is 16.1 Å². The molecule has 2 aromatic heterocycles. The van der Waals surface area contributed by atoms with Crippen molar-refractivity contribution in [1.29, 1.82) is 0 Å². The zero-order valence-electron chi connectivity index (χ0n) is 17.6. The highest BCUT2D eigenvalue weighted by Crippen LogP contribution is 2.19. The Labute approximate surface area is 184 Å². The van der Waals surface area contributed by atoms with Crippen molar-refractivity contribution in [3.63, 3.8) is 0 Å². The molecule has 4 rings (SSSR count). The van der Waals surface area contributed by atoms with Crippen LogP contribution in [0.15, 0.2) is 35.0 Å². The largest absolute Gasteiger partial charge is 0.338 e. The van der Waals surface area contributed by atoms with Crippen molar-refractivity contribution in [2.45, 2.75) is 20.4 Å². The van der Waals surface area contributed by atoms with E-state index in [1.807, 2.05) is 48.9 Å². The molecule has 0 saturated carbocycles. The Bertz CT molecular complexity index is 1040. The van der Waals surface area contributed by atoms with Crippen molar-refractivity contribution in [2.24, 2.45) is 0 Å². The second-order valence-electron chi connectivity index (χ2n) is 7.63. The summed E-state index contributed by atoms with van der Waals surface area (Å²) in [5.41, 5.74) is 3.88. The molecule has 0 bridgehead atoms. The van der Waals surface area contributed by atoms with Gasteiger partial charge in [-0.1, -0.05) is 18.2 Å². The molecule has 31 heavy (non-hydrogen) atoms. The van der Waals surface area contributed by atoms with E-state index >= 15 is 0 Å². The van der Waals surface area contributed by atoms with E-state index in [2.05, 4.69) is 25.6 Å². The third-order valence-electron chi connectivity index (χ3n) is 5.35. The Morgan fingerprint density at radius 3 is 2.48 bits per heavy atom. The number of carbonyl (C=O) groups is 2. The lowest BCUT2D eigenvalue weighted by atomic mass is 10.1. The average molecular weight is 440 g/mol. The van der Waals surface area contributed by atoms with Gasteiger partial charge in [-0.25, -0.2) is 0 Å². The minimum atomic E-state index is -0.0473. The molecular weight excluding hydrogens is 414 g/mol. The normalized spacial score (nSPS) is 14.6. The van der Waals surface area contributed by atoms with Gasteiger partial charge in [0.15, 0.2) is 0 Å². The zero-order valence-corrected chi connectivity index (χ0v) is 18.4. The van der Waals surface area contributed by atoms with Crippen LogP contribution in [0.4, 0.5) is 5.69 Å². The lowest BCUT2D eigenvalue weighted by Crippen LogP contribution is -2.51. The van der Waals surface area contributed by atoms with Gasteiger partial charge in [0.25, 0.3) is 0 Å². The van der Waals surface area contributed by atoms with E-state index in [4.69, 9.17) is 0 Å². The molecule has 9 nitrogen and oxygen atoms in total. The quantitative estimate of drug-likeness (QED) is 0.629. The molecule has 1 aromatic carbocycles. The number of benzene rings is 1. The van der Waals surface area contributed by atoms with Gasteiger partial charge in [-0.05, 0) is 41.6 Å². The second-order valence-corrected chi connectivity index (χ2v) is 8.41. The Kier molecular flexibility index (Phi) is 6.38. The number of amides is 2. The molecule has 1 fully saturated rings. The summed E-state index contributed by atoms with van der Waals surface area (Å²) in [5.74, 6) is 0.438. The third kappa shape index (κ3) is 5.15. The van der Waals surface area contributed by atoms with Crippen molar-refractivity contribution in [1.82, 2.24) is 30.0 Å². The van der Waals surface area contributed by atoms with E-state index in [1.165, 1.54) is 4.80 Å². The first-order chi connectivity index (χ1) is 15.0. The molecule has 0 spiro atoms. The van der Waals surface area contributed by atoms with Crippen LogP contribution in [0, 0.1) is 13.8 Å². The number of para-hydroxylation sites is 1. The van der Waals surface area contributed by atoms with Crippen LogP contribution in [0.25, 0.3) is 11.4 Å². The molecule has 0 aliphatic carbocycles. The smallest absolute Gasteiger partial charge is 0.246 e. The van der Waals surface area contributed by atoms with Gasteiger partial charge < -0.3 is 10.2 Å². The van der Waals surface area contributed by atoms with Gasteiger partial charge >= 0.3 is 0 Å². The van der Waals surface area contributed by atoms with Crippen LogP contribution < -0.4 is 5.32 Å². The van der Waals surface area contributed by atoms with E-state index in [0.717, 1.165) is 22.4 Å². The third-order valence-corrected chi connectivity index (χ3v) is 6.03. The summed E-state index contributed by atoms with van der Waals surface area (Å²) in [7, 11) is 0. The summed E-state index contributed by atoms with van der Waals surface area (Å²) in [6, 6.07) is 7.87. The molecule has 2 amide bonds. The molecule has 162 valence electrons. The van der Waals surface area contributed by atoms with Gasteiger partial charge in [-0.15, -0.1) is 10.2 Å². The predicted octanol–water partition coefficient (Wildman–Crippen LogP) is 1.80. The number of nitrogens with one attached hydrogen (secondary N) is 1. The maximum absolute atomic E-state index is 12.6. The van der Waals surface area contributed by atoms with Gasteiger partial charge in [0.2, 0.25) is 17.6 Å². The van der Waals surface area contributed by atoms with Crippen LogP contribution in [0.3, 0.4) is 0 Å². The molecule has 10 heteroatoms. The fourth-order valence-electron chi connectivity index (χ4n) is 3.59. The highest BCUT2D eigenvalue weighted by Gasteiger charge is 2.23. The van der Waals surface area contributed by atoms with E-state index in [1.54, 1.807) is 16.2 Å². The number of hydrogen-bond donors (Lipinski definition) is 1. The predicted molar refractivity (Wildman–Crippen MR) is 119 cm³/mol. The lowest BCUT2D eigenvalue weighted by Gasteiger charge is -2.34. The van der Waals surface area contributed by atoms with Crippen LogP contribution in [-0.2, 0) is 16.1 Å². The lowest BCUT2D eigenvalue weighted by molar-refractivity contribution is -0.134. The van der Waals surface area contributed by atoms with E-state index < -0.39 is 0 Å². The topological polar surface area (TPSA) is 96.2 Å². The minimum absolute atomic E-state index is 0.0371. The molecule has 1 N–H and O–H groups in total. The van der Waals surface area contributed by atoms with Gasteiger partial charge in [0.05, 0.1) is 6.54 Å². The van der Waals surface area contributed by atoms with Crippen molar-refractivity contribution in [3.05, 3.63) is 46.2 Å². The molecule has 3 aromatic rings. The Morgan fingerprint density at radius 2 is 1.81 bits per heavy atom. The Morgan fingerprint density at radius 1 is 1.06 bits per heavy atom. The molecule has 1 aliphatic heterocycles. The molecule has 1 aliphatic rings. The summed E-state index contributed by atoms with van der Waals surface area (Å²) in [5, 5.41) is 19.2. The number of nitrogens with zero attached hydrogens (tertiary/aromatic N) is 6. The van der Waals surface area contributed by atoms with Crippen molar-refractivity contribution in [3.8, 4) is 11.4 Å². The SMILES string of the molecule is Cc1cccc(C)c1NC(=O)CN1CCN(C(=O)Cn2nnc(-c3ccsc3)n2)CC1. The Hall–Kier alpha value is -3.11. The first kappa shape index (κ1) is 21.1. The van der Waals surface area contributed by atoms with Gasteiger partial charge in [0.1, 0.15) is 6.54 Å². The molecule has 1 saturated heterocycles. The zero-order chi connectivity index (χ0) is 21.8. The summed E-state index contributed by atoms with van der Waals surface area (Å²) in [4.78, 5) is 30.3. The monoisotopic (exact) mass is 439 g/mol. The number of hydrogen-bond acceptors (Lipinski definition) is 7. The number of thiophene rings is 1. The first-order valence-corrected chi connectivity index (χ1v) is 11.1. The van der Waals surface area contributed by atoms with Gasteiger partial charge in [-0.3, -0.25) is 14.5 Å². The number of tetrazole rings is 1. The maximum Gasteiger partial charge on any atom is 0.246 e. The molecule has 0 unspecified atom stereocenters. The number of carbonyl (C=O) groups excluding carboxylic acids is 2. The second kappa shape index (κ2) is 9.36. The maximum atomic E-state index is 12.6. The number of piperazine rings is 1. The Balaban J connectivity index is 1.25. The van der Waals surface area contributed by atoms with E-state index in [-0.39, 0.29) is 18.4 Å². The molecule has 3 heterocycles. The number of aryl methyl sites for hydroxylation is 2. The van der Waals surface area contributed by atoms with Crippen molar-refractivity contribution < 1.29 is 9.59 Å². The number of anilines is 1. The molecule has 0 radical (unpaired) electrons. The average Bonchev–Trinajstić information content (AvgIpc) is 3.43. The van der Waals surface area contributed by atoms with Crippen LogP contribution in [0.5, 0.6) is 0 Å². The summed E-state index contributed by atoms with van der Waals surface area (Å²) in [6.45, 7) is 6.78. The van der Waals surface area contributed by atoms with Crippen LogP contribution in [0.1, 0.15) is 11.1 Å². The summed E-state index contributed by atoms with van der Waals surface area (Å²) in [6.07, 6.45) is 0. The fraction of sp³-hybridized carbons (Fsp3) is 0.381. The fourth-order valence-corrected chi connectivity index (χ4v) is 4.22. The van der Waals surface area contributed by atoms with Crippen molar-refractivity contribution >= 4 is 28.8 Å². The van der Waals surface area contributed by atoms with Crippen LogP contribution in [-0.4, -0.2) is 74.5 Å². The highest BCUT2D eigenvalue weighted by molar-refractivity contribution is 7.08. The summed E-state index contributed by atoms with van der Waals surface area (Å²) >= 11 is 1.56. The summed E-state index contributed by atoms with van der Waals surface area (Å²) < 4.78 is 0. The first-order valence-electron chi connectivity index (χ1n) is 10.2. The van der Waals surface area contributed by atoms with Gasteiger partial charge in [0, 0.05) is 42.8 Å². The highest BCUT2D eigenvalue weighted by atomic mass is 32.1. The van der Waals surface area contributed by atoms with Crippen molar-refractivity contribution in [2.75, 3.05) is 38.0 Å². The van der Waals surface area contributed by atoms with Crippen LogP contribution >= 0.6 is 11.3 Å². The number of rotatable bonds is 6. The standard InChI is InChI=1S/C21H25N7O2S/c1-15-4-3-5-16(2)20(15)22-18(29)12-26-7-9-27(10-8-26)19(30)13-28-24-21(23-25-28)17-6-11-31-14-17/h3-6,11,14H,7-10,12-13H2,1-2H3,(H,22,29). The van der Waals surface area contributed by atoms with Crippen LogP contribution in [0.2, 0.25) is 0 Å². The minimum Gasteiger partial charge on any atom is -0.338 e. The molecule has 0 atom stereocenters. The number of aromatic nitrogens is 4. The van der Waals surface area contributed by atoms with E-state index in [0.29, 0.717) is 38.5 Å². The van der Waals surface area contributed by atoms with E-state index in [9.17, 15) is 9.59 Å².